The molecule has 28 heavy (non-hydrogen) atoms. The van der Waals surface area contributed by atoms with Crippen molar-refractivity contribution in [1.29, 1.82) is 0 Å². The highest BCUT2D eigenvalue weighted by Crippen LogP contribution is 2.30. The zero-order valence-electron chi connectivity index (χ0n) is 16.1. The minimum Gasteiger partial charge on any atom is -0.490 e. The number of hydrogen-bond acceptors (Lipinski definition) is 5. The molecule has 1 aromatic carbocycles. The maximum absolute atomic E-state index is 11.8. The van der Waals surface area contributed by atoms with Crippen molar-refractivity contribution >= 4 is 11.7 Å². The van der Waals surface area contributed by atoms with Crippen molar-refractivity contribution in [2.75, 3.05) is 18.0 Å². The molecule has 3 aliphatic rings. The van der Waals surface area contributed by atoms with Crippen molar-refractivity contribution in [3.05, 3.63) is 52.2 Å². The molecule has 3 heterocycles. The lowest BCUT2D eigenvalue weighted by Gasteiger charge is -2.34. The Labute approximate surface area is 164 Å². The molecule has 0 bridgehead atoms. The van der Waals surface area contributed by atoms with E-state index in [-0.39, 0.29) is 18.1 Å². The number of anilines is 1. The third-order valence-electron chi connectivity index (χ3n) is 6.06. The summed E-state index contributed by atoms with van der Waals surface area (Å²) in [4.78, 5) is 18.9. The number of hydrogen-bond donors (Lipinski definition) is 2. The van der Waals surface area contributed by atoms with E-state index in [0.29, 0.717) is 12.1 Å². The van der Waals surface area contributed by atoms with Crippen LogP contribution >= 0.6 is 0 Å². The molecule has 1 amide bonds. The largest absolute Gasteiger partial charge is 0.490 e. The Morgan fingerprint density at radius 2 is 1.96 bits per heavy atom. The number of aliphatic hydroxyl groups excluding tert-OH is 1. The number of ether oxygens (including phenoxy) is 1. The predicted molar refractivity (Wildman–Crippen MR) is 106 cm³/mol. The number of carbonyl (C=O) groups is 1. The van der Waals surface area contributed by atoms with Crippen LogP contribution in [0.5, 0.6) is 5.75 Å². The Balaban J connectivity index is 1.24. The molecule has 2 N–H and O–H groups in total. The first-order valence-corrected chi connectivity index (χ1v) is 10.1. The van der Waals surface area contributed by atoms with E-state index in [1.165, 1.54) is 11.1 Å². The van der Waals surface area contributed by atoms with Gasteiger partial charge < -0.3 is 20.1 Å². The first kappa shape index (κ1) is 17.5. The number of aliphatic hydroxyl groups is 1. The van der Waals surface area contributed by atoms with Crippen molar-refractivity contribution in [2.45, 2.75) is 51.4 Å². The van der Waals surface area contributed by atoms with Crippen LogP contribution in [0.4, 0.5) is 5.82 Å². The van der Waals surface area contributed by atoms with Crippen LogP contribution in [0.25, 0.3) is 0 Å². The maximum Gasteiger partial charge on any atom is 0.253 e. The lowest BCUT2D eigenvalue weighted by molar-refractivity contribution is 0.0965. The van der Waals surface area contributed by atoms with Gasteiger partial charge in [0, 0.05) is 25.9 Å². The van der Waals surface area contributed by atoms with Crippen molar-refractivity contribution < 1.29 is 14.6 Å². The van der Waals surface area contributed by atoms with E-state index in [1.807, 2.05) is 19.1 Å². The van der Waals surface area contributed by atoms with Crippen LogP contribution in [0, 0.1) is 6.92 Å². The number of nitrogens with zero attached hydrogens (tertiary/aromatic N) is 2. The molecule has 1 aromatic heterocycles. The molecule has 2 aromatic rings. The number of amides is 1. The van der Waals surface area contributed by atoms with E-state index in [9.17, 15) is 9.90 Å². The van der Waals surface area contributed by atoms with E-state index in [0.717, 1.165) is 61.6 Å². The summed E-state index contributed by atoms with van der Waals surface area (Å²) in [5, 5.41) is 12.7. The monoisotopic (exact) mass is 379 g/mol. The molecule has 6 nitrogen and oxygen atoms in total. The molecule has 0 unspecified atom stereocenters. The molecule has 5 rings (SSSR count). The number of aromatic nitrogens is 1. The Hall–Kier alpha value is -2.60. The second kappa shape index (κ2) is 6.78. The lowest BCUT2D eigenvalue weighted by atomic mass is 10.1. The number of fused-ring (bicyclic) bond motifs is 2. The van der Waals surface area contributed by atoms with Crippen LogP contribution in [0.2, 0.25) is 0 Å². The van der Waals surface area contributed by atoms with Crippen LogP contribution in [0.3, 0.4) is 0 Å². The molecule has 1 saturated heterocycles. The Morgan fingerprint density at radius 1 is 1.18 bits per heavy atom. The second-order valence-electron chi connectivity index (χ2n) is 8.10. The minimum absolute atomic E-state index is 0.0221. The van der Waals surface area contributed by atoms with Gasteiger partial charge >= 0.3 is 0 Å². The van der Waals surface area contributed by atoms with Crippen LogP contribution < -0.4 is 15.0 Å². The Kier molecular flexibility index (Phi) is 4.23. The molecule has 6 heteroatoms. The molecule has 2 aliphatic heterocycles. The summed E-state index contributed by atoms with van der Waals surface area (Å²) in [5.74, 6) is 1.87. The molecule has 1 fully saturated rings. The molecule has 0 saturated carbocycles. The zero-order chi connectivity index (χ0) is 19.3. The SMILES string of the molecule is Cc1cc2c(nc1N1CCC(Oc3ccc4c(c3)C[C@@H](O)C4)CC1)CNC2=O. The summed E-state index contributed by atoms with van der Waals surface area (Å²) < 4.78 is 6.23. The van der Waals surface area contributed by atoms with Gasteiger partial charge in [-0.15, -0.1) is 0 Å². The summed E-state index contributed by atoms with van der Waals surface area (Å²) in [5.41, 5.74) is 5.06. The number of piperidine rings is 1. The summed E-state index contributed by atoms with van der Waals surface area (Å²) in [6, 6.07) is 8.17. The molecule has 0 spiro atoms. The highest BCUT2D eigenvalue weighted by Gasteiger charge is 2.27. The fraction of sp³-hybridized carbons (Fsp3) is 0.455. The van der Waals surface area contributed by atoms with E-state index < -0.39 is 0 Å². The predicted octanol–water partition coefficient (Wildman–Crippen LogP) is 2.14. The van der Waals surface area contributed by atoms with Gasteiger partial charge in [0.25, 0.3) is 5.91 Å². The molecule has 1 aliphatic carbocycles. The van der Waals surface area contributed by atoms with E-state index >= 15 is 0 Å². The van der Waals surface area contributed by atoms with Gasteiger partial charge in [0.05, 0.1) is 23.9 Å². The van der Waals surface area contributed by atoms with E-state index in [1.54, 1.807) is 0 Å². The van der Waals surface area contributed by atoms with Gasteiger partial charge in [0.1, 0.15) is 17.7 Å². The number of rotatable bonds is 3. The molecular weight excluding hydrogens is 354 g/mol. The number of benzene rings is 1. The first-order chi connectivity index (χ1) is 13.6. The van der Waals surface area contributed by atoms with Crippen molar-refractivity contribution in [3.8, 4) is 5.75 Å². The highest BCUT2D eigenvalue weighted by atomic mass is 16.5. The number of pyridine rings is 1. The summed E-state index contributed by atoms with van der Waals surface area (Å²) >= 11 is 0. The quantitative estimate of drug-likeness (QED) is 0.855. The van der Waals surface area contributed by atoms with Crippen LogP contribution in [-0.4, -0.2) is 41.3 Å². The fourth-order valence-corrected chi connectivity index (χ4v) is 4.57. The number of aryl methyl sites for hydroxylation is 1. The van der Waals surface area contributed by atoms with E-state index in [4.69, 9.17) is 9.72 Å². The van der Waals surface area contributed by atoms with E-state index in [2.05, 4.69) is 22.3 Å². The Bertz CT molecular complexity index is 935. The van der Waals surface area contributed by atoms with Gasteiger partial charge in [-0.25, -0.2) is 4.98 Å². The van der Waals surface area contributed by atoms with Gasteiger partial charge in [0.2, 0.25) is 0 Å². The third-order valence-corrected chi connectivity index (χ3v) is 6.06. The van der Waals surface area contributed by atoms with Crippen LogP contribution in [-0.2, 0) is 19.4 Å². The smallest absolute Gasteiger partial charge is 0.253 e. The van der Waals surface area contributed by atoms with Crippen molar-refractivity contribution in [3.63, 3.8) is 0 Å². The maximum atomic E-state index is 11.8. The summed E-state index contributed by atoms with van der Waals surface area (Å²) in [6.07, 6.45) is 3.30. The average Bonchev–Trinajstić information content (AvgIpc) is 3.23. The van der Waals surface area contributed by atoms with Crippen molar-refractivity contribution in [1.82, 2.24) is 10.3 Å². The number of nitrogens with one attached hydrogen (secondary N) is 1. The van der Waals surface area contributed by atoms with Gasteiger partial charge in [0.15, 0.2) is 0 Å². The van der Waals surface area contributed by atoms with Gasteiger partial charge in [-0.3, -0.25) is 4.79 Å². The topological polar surface area (TPSA) is 74.7 Å². The molecule has 0 radical (unpaired) electrons. The minimum atomic E-state index is -0.248. The first-order valence-electron chi connectivity index (χ1n) is 10.1. The second-order valence-corrected chi connectivity index (χ2v) is 8.10. The highest BCUT2D eigenvalue weighted by molar-refractivity contribution is 5.98. The lowest BCUT2D eigenvalue weighted by Crippen LogP contribution is -2.39. The third kappa shape index (κ3) is 3.11. The average molecular weight is 379 g/mol. The molecule has 1 atom stereocenters. The standard InChI is InChI=1S/C22H25N3O3/c1-13-8-19-20(12-23-22(19)27)24-21(13)25-6-4-17(5-7-25)28-18-3-2-14-9-16(26)10-15(14)11-18/h2-3,8,11,16-17,26H,4-7,9-10,12H2,1H3,(H,23,27)/t16-/m0/s1. The fourth-order valence-electron chi connectivity index (χ4n) is 4.57. The summed E-state index contributed by atoms with van der Waals surface area (Å²) in [6.45, 7) is 4.33. The zero-order valence-corrected chi connectivity index (χ0v) is 16.1. The summed E-state index contributed by atoms with van der Waals surface area (Å²) in [7, 11) is 0. The molecule has 146 valence electrons. The van der Waals surface area contributed by atoms with Gasteiger partial charge in [-0.05, 0) is 54.7 Å². The normalized spacial score (nSPS) is 21.4. The van der Waals surface area contributed by atoms with Crippen molar-refractivity contribution in [2.24, 2.45) is 0 Å². The molecular formula is C22H25N3O3. The number of carbonyl (C=O) groups excluding carboxylic acids is 1. The Morgan fingerprint density at radius 3 is 2.79 bits per heavy atom. The van der Waals surface area contributed by atoms with Crippen LogP contribution in [0.15, 0.2) is 24.3 Å². The van der Waals surface area contributed by atoms with Crippen LogP contribution in [0.1, 0.15) is 45.6 Å². The van der Waals surface area contributed by atoms with Gasteiger partial charge in [-0.1, -0.05) is 6.07 Å². The van der Waals surface area contributed by atoms with Gasteiger partial charge in [-0.2, -0.15) is 0 Å².